The number of benzene rings is 1. The second-order valence-corrected chi connectivity index (χ2v) is 6.06. The van der Waals surface area contributed by atoms with Crippen LogP contribution >= 0.6 is 0 Å². The lowest BCUT2D eigenvalue weighted by Crippen LogP contribution is -2.32. The van der Waals surface area contributed by atoms with Gasteiger partial charge in [-0.2, -0.15) is 0 Å². The molecule has 5 heteroatoms. The Kier molecular flexibility index (Phi) is 5.68. The minimum Gasteiger partial charge on any atom is -0.339 e. The number of rotatable bonds is 5. The predicted octanol–water partition coefficient (Wildman–Crippen LogP) is 3.25. The molecule has 5 nitrogen and oxygen atoms in total. The van der Waals surface area contributed by atoms with Crippen LogP contribution in [0.2, 0.25) is 0 Å². The average molecular weight is 325 g/mol. The van der Waals surface area contributed by atoms with E-state index in [-0.39, 0.29) is 24.3 Å². The Morgan fingerprint density at radius 1 is 1.12 bits per heavy atom. The van der Waals surface area contributed by atoms with Crippen LogP contribution in [0.15, 0.2) is 42.7 Å². The van der Waals surface area contributed by atoms with Gasteiger partial charge in [-0.25, -0.2) is 0 Å². The molecule has 0 saturated heterocycles. The maximum atomic E-state index is 12.3. The highest BCUT2D eigenvalue weighted by Crippen LogP contribution is 2.19. The highest BCUT2D eigenvalue weighted by Gasteiger charge is 2.20. The molecular weight excluding hydrogens is 302 g/mol. The summed E-state index contributed by atoms with van der Waals surface area (Å²) < 4.78 is 0. The van der Waals surface area contributed by atoms with Crippen molar-refractivity contribution in [3.63, 3.8) is 0 Å². The quantitative estimate of drug-likeness (QED) is 0.858. The second kappa shape index (κ2) is 7.73. The van der Waals surface area contributed by atoms with Crippen molar-refractivity contribution in [3.05, 3.63) is 59.4 Å². The molecule has 2 rings (SSSR count). The fourth-order valence-corrected chi connectivity index (χ4v) is 2.60. The Morgan fingerprint density at radius 2 is 1.71 bits per heavy atom. The number of carbonyl (C=O) groups is 2. The van der Waals surface area contributed by atoms with Crippen LogP contribution < -0.4 is 5.32 Å². The first-order chi connectivity index (χ1) is 11.4. The van der Waals surface area contributed by atoms with Crippen molar-refractivity contribution in [2.45, 2.75) is 33.2 Å². The SMILES string of the molecule is Cc1cc(C)cc(NC(=O)CC(=O)N(C)[C@H](C)c2ccncc2)c1. The molecular formula is C19H23N3O2. The number of carbonyl (C=O) groups excluding carboxylic acids is 2. The van der Waals surface area contributed by atoms with Gasteiger partial charge in [0.2, 0.25) is 11.8 Å². The Hall–Kier alpha value is -2.69. The van der Waals surface area contributed by atoms with E-state index >= 15 is 0 Å². The highest BCUT2D eigenvalue weighted by molar-refractivity contribution is 6.03. The fourth-order valence-electron chi connectivity index (χ4n) is 2.60. The molecule has 2 amide bonds. The number of aryl methyl sites for hydroxylation is 2. The van der Waals surface area contributed by atoms with Crippen LogP contribution in [0.3, 0.4) is 0 Å². The smallest absolute Gasteiger partial charge is 0.233 e. The Morgan fingerprint density at radius 3 is 2.29 bits per heavy atom. The fraction of sp³-hybridized carbons (Fsp3) is 0.316. The summed E-state index contributed by atoms with van der Waals surface area (Å²) >= 11 is 0. The van der Waals surface area contributed by atoms with E-state index in [0.29, 0.717) is 0 Å². The van der Waals surface area contributed by atoms with E-state index in [1.54, 1.807) is 24.3 Å². The molecule has 0 aliphatic rings. The second-order valence-electron chi connectivity index (χ2n) is 6.06. The van der Waals surface area contributed by atoms with Crippen molar-refractivity contribution in [3.8, 4) is 0 Å². The van der Waals surface area contributed by atoms with E-state index in [1.165, 1.54) is 0 Å². The van der Waals surface area contributed by atoms with Gasteiger partial charge >= 0.3 is 0 Å². The third-order valence-corrected chi connectivity index (χ3v) is 3.98. The van der Waals surface area contributed by atoms with Gasteiger partial charge in [0, 0.05) is 25.1 Å². The monoisotopic (exact) mass is 325 g/mol. The van der Waals surface area contributed by atoms with E-state index in [4.69, 9.17) is 0 Å². The third kappa shape index (κ3) is 4.65. The Balaban J connectivity index is 1.96. The van der Waals surface area contributed by atoms with Gasteiger partial charge in [0.15, 0.2) is 0 Å². The van der Waals surface area contributed by atoms with Crippen LogP contribution in [0.4, 0.5) is 5.69 Å². The molecule has 0 fully saturated rings. The number of aromatic nitrogens is 1. The molecule has 0 spiro atoms. The predicted molar refractivity (Wildman–Crippen MR) is 94.6 cm³/mol. The van der Waals surface area contributed by atoms with Gasteiger partial charge in [-0.3, -0.25) is 14.6 Å². The maximum absolute atomic E-state index is 12.3. The van der Waals surface area contributed by atoms with Crippen molar-refractivity contribution in [2.24, 2.45) is 0 Å². The molecule has 1 aromatic carbocycles. The number of amides is 2. The topological polar surface area (TPSA) is 62.3 Å². The summed E-state index contributed by atoms with van der Waals surface area (Å²) in [5.74, 6) is -0.528. The molecule has 0 saturated carbocycles. The summed E-state index contributed by atoms with van der Waals surface area (Å²) in [4.78, 5) is 30.0. The Labute approximate surface area is 142 Å². The molecule has 1 aromatic heterocycles. The van der Waals surface area contributed by atoms with Gasteiger partial charge in [0.1, 0.15) is 6.42 Å². The van der Waals surface area contributed by atoms with Gasteiger partial charge in [0.05, 0.1) is 6.04 Å². The first-order valence-electron chi connectivity index (χ1n) is 7.90. The number of hydrogen-bond acceptors (Lipinski definition) is 3. The van der Waals surface area contributed by atoms with Crippen LogP contribution in [0.1, 0.15) is 36.1 Å². The summed E-state index contributed by atoms with van der Waals surface area (Å²) in [6, 6.07) is 9.42. The number of nitrogens with one attached hydrogen (secondary N) is 1. The number of pyridine rings is 1. The number of nitrogens with zero attached hydrogens (tertiary/aromatic N) is 2. The molecule has 126 valence electrons. The van der Waals surface area contributed by atoms with Gasteiger partial charge in [-0.15, -0.1) is 0 Å². The summed E-state index contributed by atoms with van der Waals surface area (Å²) in [6.45, 7) is 5.87. The average Bonchev–Trinajstić information content (AvgIpc) is 2.53. The van der Waals surface area contributed by atoms with Crippen molar-refractivity contribution in [2.75, 3.05) is 12.4 Å². The van der Waals surface area contributed by atoms with Gasteiger partial charge < -0.3 is 10.2 Å². The molecule has 2 aromatic rings. The number of anilines is 1. The zero-order chi connectivity index (χ0) is 17.7. The molecule has 0 aliphatic heterocycles. The van der Waals surface area contributed by atoms with Gasteiger partial charge in [0.25, 0.3) is 0 Å². The first-order valence-corrected chi connectivity index (χ1v) is 7.90. The van der Waals surface area contributed by atoms with Crippen LogP contribution in [0.25, 0.3) is 0 Å². The number of hydrogen-bond donors (Lipinski definition) is 1. The molecule has 0 radical (unpaired) electrons. The summed E-state index contributed by atoms with van der Waals surface area (Å²) in [6.07, 6.45) is 3.20. The minimum atomic E-state index is -0.307. The Bertz CT molecular complexity index is 708. The minimum absolute atomic E-state index is 0.116. The molecule has 1 heterocycles. The van der Waals surface area contributed by atoms with E-state index < -0.39 is 0 Å². The van der Waals surface area contributed by atoms with Crippen molar-refractivity contribution >= 4 is 17.5 Å². The standard InChI is InChI=1S/C19H23N3O2/c1-13-9-14(2)11-17(10-13)21-18(23)12-19(24)22(4)15(3)16-5-7-20-8-6-16/h5-11,15H,12H2,1-4H3,(H,21,23)/t15-/m1/s1. The van der Waals surface area contributed by atoms with Gasteiger partial charge in [-0.05, 0) is 61.7 Å². The maximum Gasteiger partial charge on any atom is 0.233 e. The van der Waals surface area contributed by atoms with Crippen LogP contribution in [-0.4, -0.2) is 28.7 Å². The van der Waals surface area contributed by atoms with Crippen LogP contribution in [-0.2, 0) is 9.59 Å². The van der Waals surface area contributed by atoms with E-state index in [9.17, 15) is 9.59 Å². The van der Waals surface area contributed by atoms with Crippen LogP contribution in [0, 0.1) is 13.8 Å². The van der Waals surface area contributed by atoms with E-state index in [2.05, 4.69) is 10.3 Å². The first kappa shape index (κ1) is 17.7. The molecule has 1 N–H and O–H groups in total. The lowest BCUT2D eigenvalue weighted by molar-refractivity contribution is -0.135. The molecule has 1 atom stereocenters. The lowest BCUT2D eigenvalue weighted by atomic mass is 10.1. The molecule has 0 aliphatic carbocycles. The van der Waals surface area contributed by atoms with Gasteiger partial charge in [-0.1, -0.05) is 6.07 Å². The molecule has 0 unspecified atom stereocenters. The van der Waals surface area contributed by atoms with Crippen molar-refractivity contribution in [1.82, 2.24) is 9.88 Å². The normalized spacial score (nSPS) is 11.7. The summed E-state index contributed by atoms with van der Waals surface area (Å²) in [5.41, 5.74) is 3.84. The summed E-state index contributed by atoms with van der Waals surface area (Å²) in [5, 5.41) is 2.79. The van der Waals surface area contributed by atoms with E-state index in [0.717, 1.165) is 22.4 Å². The third-order valence-electron chi connectivity index (χ3n) is 3.98. The molecule has 24 heavy (non-hydrogen) atoms. The highest BCUT2D eigenvalue weighted by atomic mass is 16.2. The lowest BCUT2D eigenvalue weighted by Gasteiger charge is -2.25. The van der Waals surface area contributed by atoms with Crippen LogP contribution in [0.5, 0.6) is 0 Å². The van der Waals surface area contributed by atoms with E-state index in [1.807, 2.05) is 51.1 Å². The molecule has 0 bridgehead atoms. The zero-order valence-electron chi connectivity index (χ0n) is 14.5. The zero-order valence-corrected chi connectivity index (χ0v) is 14.5. The largest absolute Gasteiger partial charge is 0.339 e. The van der Waals surface area contributed by atoms with Crippen molar-refractivity contribution < 1.29 is 9.59 Å². The van der Waals surface area contributed by atoms with Crippen molar-refractivity contribution in [1.29, 1.82) is 0 Å². The summed E-state index contributed by atoms with van der Waals surface area (Å²) in [7, 11) is 1.71.